The molecule has 0 saturated heterocycles. The molecule has 3 rings (SSSR count). The highest BCUT2D eigenvalue weighted by Crippen LogP contribution is 2.49. The van der Waals surface area contributed by atoms with Gasteiger partial charge in [0, 0.05) is 11.5 Å². The molecule has 0 heteroatoms. The Morgan fingerprint density at radius 3 is 2.82 bits per heavy atom. The van der Waals surface area contributed by atoms with Gasteiger partial charge in [0.2, 0.25) is 0 Å². The molecule has 1 fully saturated rings. The van der Waals surface area contributed by atoms with E-state index >= 15 is 0 Å². The van der Waals surface area contributed by atoms with Crippen LogP contribution in [0.5, 0.6) is 0 Å². The van der Waals surface area contributed by atoms with Crippen LogP contribution in [-0.2, 0) is 0 Å². The molecular formula is C11H8. The molecule has 0 aromatic rings. The molecule has 3 aliphatic rings. The van der Waals surface area contributed by atoms with Crippen LogP contribution >= 0.6 is 0 Å². The summed E-state index contributed by atoms with van der Waals surface area (Å²) >= 11 is 0. The molecule has 1 atom stereocenters. The number of allylic oxidation sites excluding steroid dienone is 7. The van der Waals surface area contributed by atoms with Crippen molar-refractivity contribution < 1.29 is 0 Å². The van der Waals surface area contributed by atoms with Gasteiger partial charge in [-0.3, -0.25) is 0 Å². The maximum absolute atomic E-state index is 3.29. The highest BCUT2D eigenvalue weighted by atomic mass is 14.4. The molecule has 0 radical (unpaired) electrons. The van der Waals surface area contributed by atoms with E-state index in [1.54, 1.807) is 0 Å². The fourth-order valence-electron chi connectivity index (χ4n) is 2.02. The summed E-state index contributed by atoms with van der Waals surface area (Å²) in [4.78, 5) is 0. The van der Waals surface area contributed by atoms with Gasteiger partial charge in [0.1, 0.15) is 0 Å². The molecule has 0 bridgehead atoms. The van der Waals surface area contributed by atoms with Crippen LogP contribution in [0.2, 0.25) is 0 Å². The molecule has 0 amide bonds. The van der Waals surface area contributed by atoms with Gasteiger partial charge in [0.15, 0.2) is 0 Å². The van der Waals surface area contributed by atoms with Crippen molar-refractivity contribution in [2.45, 2.75) is 6.92 Å². The number of rotatable bonds is 0. The summed E-state index contributed by atoms with van der Waals surface area (Å²) in [5.41, 5.74) is 9.05. The standard InChI is InChI=1S/C11H8/c1-7-8-3-2-4-10(8)11-6-5-9(7)11/h2,4-7H,1H3. The van der Waals surface area contributed by atoms with Crippen LogP contribution in [0.4, 0.5) is 0 Å². The van der Waals surface area contributed by atoms with Crippen LogP contribution in [0, 0.1) is 5.92 Å². The zero-order chi connectivity index (χ0) is 7.42. The van der Waals surface area contributed by atoms with Crippen LogP contribution in [0.3, 0.4) is 0 Å². The fourth-order valence-corrected chi connectivity index (χ4v) is 2.02. The summed E-state index contributed by atoms with van der Waals surface area (Å²) in [6.07, 6.45) is 8.61. The third kappa shape index (κ3) is 0.449. The van der Waals surface area contributed by atoms with Crippen molar-refractivity contribution >= 4 is 0 Å². The van der Waals surface area contributed by atoms with E-state index in [1.165, 1.54) is 22.3 Å². The lowest BCUT2D eigenvalue weighted by Crippen LogP contribution is -1.96. The number of hydrogen-bond acceptors (Lipinski definition) is 0. The molecule has 0 aliphatic heterocycles. The lowest BCUT2D eigenvalue weighted by molar-refractivity contribution is 0.874. The van der Waals surface area contributed by atoms with Crippen molar-refractivity contribution in [1.82, 2.24) is 0 Å². The van der Waals surface area contributed by atoms with E-state index in [2.05, 4.69) is 30.9 Å². The molecule has 0 heterocycles. The van der Waals surface area contributed by atoms with Crippen molar-refractivity contribution in [2.24, 2.45) is 5.92 Å². The molecular weight excluding hydrogens is 132 g/mol. The third-order valence-electron chi connectivity index (χ3n) is 2.71. The van der Waals surface area contributed by atoms with Crippen LogP contribution in [0.1, 0.15) is 6.92 Å². The van der Waals surface area contributed by atoms with Gasteiger partial charge < -0.3 is 0 Å². The van der Waals surface area contributed by atoms with Crippen LogP contribution in [0.25, 0.3) is 0 Å². The summed E-state index contributed by atoms with van der Waals surface area (Å²) in [6.45, 7) is 2.25. The van der Waals surface area contributed by atoms with Crippen LogP contribution in [0.15, 0.2) is 52.3 Å². The second-order valence-electron chi connectivity index (χ2n) is 3.23. The molecule has 11 heavy (non-hydrogen) atoms. The summed E-state index contributed by atoms with van der Waals surface area (Å²) in [5, 5.41) is 0. The molecule has 3 aliphatic carbocycles. The second-order valence-corrected chi connectivity index (χ2v) is 3.23. The predicted molar refractivity (Wildman–Crippen MR) is 45.0 cm³/mol. The predicted octanol–water partition coefficient (Wildman–Crippen LogP) is 2.52. The highest BCUT2D eigenvalue weighted by Gasteiger charge is 2.34. The van der Waals surface area contributed by atoms with Crippen LogP contribution < -0.4 is 0 Å². The van der Waals surface area contributed by atoms with E-state index in [4.69, 9.17) is 0 Å². The first kappa shape index (κ1) is 5.40. The minimum Gasteiger partial charge on any atom is -0.116 e. The van der Waals surface area contributed by atoms with Crippen molar-refractivity contribution in [3.05, 3.63) is 52.3 Å². The molecule has 0 aromatic carbocycles. The fraction of sp³-hybridized carbons (Fsp3) is 0.182. The first-order valence-electron chi connectivity index (χ1n) is 3.98. The summed E-state index contributed by atoms with van der Waals surface area (Å²) in [5.74, 6) is 0.597. The summed E-state index contributed by atoms with van der Waals surface area (Å²) in [6, 6.07) is 0. The Labute approximate surface area is 65.9 Å². The van der Waals surface area contributed by atoms with Gasteiger partial charge in [-0.15, -0.1) is 5.73 Å². The smallest absolute Gasteiger partial charge is 0.0147 e. The zero-order valence-corrected chi connectivity index (χ0v) is 6.39. The average Bonchev–Trinajstić information content (AvgIpc) is 2.38. The summed E-state index contributed by atoms with van der Waals surface area (Å²) in [7, 11) is 0. The Morgan fingerprint density at radius 1 is 1.18 bits per heavy atom. The topological polar surface area (TPSA) is 0 Å². The van der Waals surface area contributed by atoms with Crippen molar-refractivity contribution in [3.8, 4) is 0 Å². The second kappa shape index (κ2) is 1.49. The molecule has 0 spiro atoms. The number of hydrogen-bond donors (Lipinski definition) is 0. The molecule has 52 valence electrons. The van der Waals surface area contributed by atoms with E-state index in [0.29, 0.717) is 5.92 Å². The Hall–Kier alpha value is -1.26. The van der Waals surface area contributed by atoms with E-state index in [9.17, 15) is 0 Å². The van der Waals surface area contributed by atoms with Gasteiger partial charge in [-0.1, -0.05) is 19.1 Å². The average molecular weight is 140 g/mol. The van der Waals surface area contributed by atoms with Crippen molar-refractivity contribution in [3.63, 3.8) is 0 Å². The quantitative estimate of drug-likeness (QED) is 0.453. The normalized spacial score (nSPS) is 29.7. The highest BCUT2D eigenvalue weighted by molar-refractivity contribution is 5.74. The van der Waals surface area contributed by atoms with E-state index in [0.717, 1.165) is 0 Å². The Balaban J connectivity index is 2.29. The lowest BCUT2D eigenvalue weighted by atomic mass is 9.93. The van der Waals surface area contributed by atoms with E-state index < -0.39 is 0 Å². The molecule has 0 aromatic heterocycles. The first-order valence-corrected chi connectivity index (χ1v) is 3.98. The first-order chi connectivity index (χ1) is 5.38. The van der Waals surface area contributed by atoms with Crippen LogP contribution in [-0.4, -0.2) is 0 Å². The van der Waals surface area contributed by atoms with Crippen molar-refractivity contribution in [1.29, 1.82) is 0 Å². The Bertz CT molecular complexity index is 394. The molecule has 0 N–H and O–H groups in total. The lowest BCUT2D eigenvalue weighted by Gasteiger charge is -2.10. The molecule has 1 saturated carbocycles. The monoisotopic (exact) mass is 140 g/mol. The molecule has 1 unspecified atom stereocenters. The van der Waals surface area contributed by atoms with Gasteiger partial charge >= 0.3 is 0 Å². The molecule has 0 nitrogen and oxygen atoms in total. The van der Waals surface area contributed by atoms with Gasteiger partial charge in [-0.05, 0) is 28.9 Å². The maximum Gasteiger partial charge on any atom is 0.0147 e. The minimum atomic E-state index is 0.597. The van der Waals surface area contributed by atoms with Crippen molar-refractivity contribution in [2.75, 3.05) is 0 Å². The summed E-state index contributed by atoms with van der Waals surface area (Å²) < 4.78 is 0. The van der Waals surface area contributed by atoms with Gasteiger partial charge in [0.05, 0.1) is 0 Å². The van der Waals surface area contributed by atoms with Gasteiger partial charge in [-0.25, -0.2) is 0 Å². The number of fused-ring (bicyclic) bond motifs is 3. The zero-order valence-electron chi connectivity index (χ0n) is 6.39. The minimum absolute atomic E-state index is 0.597. The van der Waals surface area contributed by atoms with Gasteiger partial charge in [0.25, 0.3) is 0 Å². The van der Waals surface area contributed by atoms with Gasteiger partial charge in [-0.2, -0.15) is 0 Å². The third-order valence-corrected chi connectivity index (χ3v) is 2.71. The largest absolute Gasteiger partial charge is 0.116 e. The van der Waals surface area contributed by atoms with E-state index in [1.807, 2.05) is 6.08 Å². The Kier molecular flexibility index (Phi) is 0.732. The maximum atomic E-state index is 3.29. The SMILES string of the molecule is CC1C2=C=CC=C2C2=CC=C21. The van der Waals surface area contributed by atoms with E-state index in [-0.39, 0.29) is 0 Å². The Morgan fingerprint density at radius 2 is 2.09 bits per heavy atom.